The third-order valence-electron chi connectivity index (χ3n) is 23.8. The Morgan fingerprint density at radius 2 is 0.691 bits per heavy atom. The number of para-hydroxylation sites is 4. The first-order valence-corrected chi connectivity index (χ1v) is 45.4. The molecule has 674 valence electrons. The maximum Gasteiger partial charge on any atom is 0.416 e. The highest BCUT2D eigenvalue weighted by Crippen LogP contribution is 2.48. The molecule has 3 unspecified atom stereocenters. The van der Waals surface area contributed by atoms with Crippen molar-refractivity contribution < 1.29 is 69.5 Å². The van der Waals surface area contributed by atoms with Crippen molar-refractivity contribution >= 4 is 146 Å². The van der Waals surface area contributed by atoms with Gasteiger partial charge in [-0.3, -0.25) is 37.4 Å². The second-order valence-electron chi connectivity index (χ2n) is 32.1. The summed E-state index contributed by atoms with van der Waals surface area (Å²) in [5.74, 6) is -3.16. The number of fused-ring (bicyclic) bond motifs is 9. The number of hydrogen-bond acceptors (Lipinski definition) is 21. The molecule has 136 heavy (non-hydrogen) atoms. The molecular weight excluding hydrogens is 1850 g/mol. The molecule has 0 bridgehead atoms. The van der Waals surface area contributed by atoms with E-state index in [0.29, 0.717) is 95.1 Å². The van der Waals surface area contributed by atoms with Gasteiger partial charge in [-0.25, -0.2) is 32.3 Å². The molecule has 12 aromatic carbocycles. The van der Waals surface area contributed by atoms with Crippen LogP contribution in [0.4, 0.5) is 26.3 Å². The van der Waals surface area contributed by atoms with Crippen LogP contribution in [0.15, 0.2) is 374 Å². The number of aromatic nitrogens is 4. The third kappa shape index (κ3) is 15.9. The van der Waals surface area contributed by atoms with Gasteiger partial charge < -0.3 is 43.2 Å². The summed E-state index contributed by atoms with van der Waals surface area (Å²) in [5, 5.41) is 56.6. The van der Waals surface area contributed by atoms with E-state index < -0.39 is 79.5 Å². The number of benzene rings is 12. The van der Waals surface area contributed by atoms with Gasteiger partial charge in [-0.1, -0.05) is 192 Å². The van der Waals surface area contributed by atoms with E-state index in [-0.39, 0.29) is 110 Å². The average molecular weight is 1920 g/mol. The minimum atomic E-state index is -4.57. The highest BCUT2D eigenvalue weighted by molar-refractivity contribution is 8.00. The van der Waals surface area contributed by atoms with E-state index >= 15 is 0 Å². The molecule has 0 spiro atoms. The normalized spacial score (nSPS) is 14.1. The average Bonchev–Trinajstić information content (AvgIpc) is 1.59. The Labute approximate surface area is 781 Å². The van der Waals surface area contributed by atoms with Gasteiger partial charge in [-0.05, 0) is 205 Å². The minimum Gasteiger partial charge on any atom is -0.508 e. The molecule has 3 aliphatic heterocycles. The van der Waals surface area contributed by atoms with Crippen molar-refractivity contribution in [2.45, 2.75) is 89.7 Å². The van der Waals surface area contributed by atoms with Crippen LogP contribution < -0.4 is 44.7 Å². The van der Waals surface area contributed by atoms with Crippen molar-refractivity contribution in [1.29, 1.82) is 0 Å². The molecule has 0 saturated heterocycles. The second kappa shape index (κ2) is 35.2. The molecule has 32 heteroatoms. The monoisotopic (exact) mass is 1920 g/mol. The predicted octanol–water partition coefficient (Wildman–Crippen LogP) is 22.4. The van der Waals surface area contributed by atoms with E-state index in [1.807, 2.05) is 91.9 Å². The Balaban J connectivity index is 0.000000112. The summed E-state index contributed by atoms with van der Waals surface area (Å²) >= 11 is 9.49. The Kier molecular flexibility index (Phi) is 22.9. The van der Waals surface area contributed by atoms with Crippen molar-refractivity contribution in [2.75, 3.05) is 0 Å². The van der Waals surface area contributed by atoms with Crippen molar-refractivity contribution in [3.05, 3.63) is 429 Å². The molecule has 11 heterocycles. The molecule has 5 N–H and O–H groups in total. The number of pyridine rings is 4. The van der Waals surface area contributed by atoms with Gasteiger partial charge in [0.25, 0.3) is 22.2 Å². The lowest BCUT2D eigenvalue weighted by Crippen LogP contribution is -2.24. The van der Waals surface area contributed by atoms with Crippen LogP contribution >= 0.6 is 58.6 Å². The number of rotatable bonds is 12. The first-order chi connectivity index (χ1) is 65.5. The number of aryl methyl sites for hydroxylation is 1. The molecule has 0 radical (unpaired) electrons. The van der Waals surface area contributed by atoms with Gasteiger partial charge in [0.05, 0.1) is 45.8 Å². The summed E-state index contributed by atoms with van der Waals surface area (Å²) in [6.07, 6.45) is -2.97. The maximum absolute atomic E-state index is 13.8. The maximum atomic E-state index is 13.8. The summed E-state index contributed by atoms with van der Waals surface area (Å²) in [7, 11) is 0. The van der Waals surface area contributed by atoms with Gasteiger partial charge in [0.2, 0.25) is 0 Å². The van der Waals surface area contributed by atoms with Gasteiger partial charge in [-0.2, -0.15) is 13.2 Å². The number of aromatic hydroxyl groups is 5. The second-order valence-corrected chi connectivity index (χ2v) is 36.8. The van der Waals surface area contributed by atoms with Crippen molar-refractivity contribution in [3.63, 3.8) is 0 Å². The fourth-order valence-electron chi connectivity index (χ4n) is 17.8. The van der Waals surface area contributed by atoms with E-state index in [4.69, 9.17) is 29.3 Å². The van der Waals surface area contributed by atoms with Crippen LogP contribution in [-0.2, 0) is 25.4 Å². The Morgan fingerprint density at radius 1 is 0.346 bits per heavy atom. The van der Waals surface area contributed by atoms with Crippen LogP contribution in [0.3, 0.4) is 0 Å². The summed E-state index contributed by atoms with van der Waals surface area (Å²) in [6.45, 7) is 1.93. The highest BCUT2D eigenvalue weighted by atomic mass is 35.5. The van der Waals surface area contributed by atoms with E-state index in [1.54, 1.807) is 117 Å². The number of alkyl halides is 3. The van der Waals surface area contributed by atoms with E-state index in [9.17, 15) is 90.2 Å². The molecule has 21 nitrogen and oxygen atoms in total. The van der Waals surface area contributed by atoms with E-state index in [0.717, 1.165) is 91.3 Å². The van der Waals surface area contributed by atoms with Gasteiger partial charge in [-0.15, -0.1) is 0 Å². The number of hydrogen-bond donors (Lipinski definition) is 5. The molecule has 3 aliphatic rings. The molecule has 3 atom stereocenters. The predicted molar refractivity (Wildman–Crippen MR) is 508 cm³/mol. The van der Waals surface area contributed by atoms with Crippen LogP contribution in [0.5, 0.6) is 28.7 Å². The number of halogens is 7. The van der Waals surface area contributed by atoms with Crippen LogP contribution in [0.25, 0.3) is 93.2 Å². The Morgan fingerprint density at radius 3 is 1.10 bits per heavy atom. The van der Waals surface area contributed by atoms with Gasteiger partial charge in [0.15, 0.2) is 45.3 Å². The zero-order valence-corrected chi connectivity index (χ0v) is 74.1. The van der Waals surface area contributed by atoms with Crippen LogP contribution in [0.2, 0.25) is 5.02 Å². The number of nitrogens with zero attached hydrogens (tertiary/aromatic N) is 4. The minimum absolute atomic E-state index is 0.0326. The lowest BCUT2D eigenvalue weighted by Gasteiger charge is -2.17. The molecule has 0 aliphatic carbocycles. The molecular formula is C104H63ClF6N4O17S4. The van der Waals surface area contributed by atoms with Crippen LogP contribution in [-0.4, -0.2) is 43.8 Å². The fourth-order valence-corrected chi connectivity index (χ4v) is 21.4. The zero-order chi connectivity index (χ0) is 94.7. The number of phenols is 1. The molecule has 20 aromatic rings. The summed E-state index contributed by atoms with van der Waals surface area (Å²) in [5.41, 5.74) is 2.80. The topological polar surface area (TPSA) is 310 Å². The molecule has 0 saturated carbocycles. The van der Waals surface area contributed by atoms with Gasteiger partial charge in [0, 0.05) is 57.9 Å². The van der Waals surface area contributed by atoms with Gasteiger partial charge in [0.1, 0.15) is 64.3 Å². The molecule has 0 fully saturated rings. The Bertz CT molecular complexity index is 8930. The largest absolute Gasteiger partial charge is 0.508 e. The van der Waals surface area contributed by atoms with Crippen LogP contribution in [0, 0.1) is 24.4 Å². The Hall–Kier alpha value is -15.4. The van der Waals surface area contributed by atoms with Crippen molar-refractivity contribution in [2.24, 2.45) is 0 Å². The smallest absolute Gasteiger partial charge is 0.416 e. The lowest BCUT2D eigenvalue weighted by molar-refractivity contribution is -0.137. The zero-order valence-electron chi connectivity index (χ0n) is 70.1. The fraction of sp³-hybridized carbons (Fsp3) is 0.0769. The van der Waals surface area contributed by atoms with Crippen LogP contribution in [0.1, 0.15) is 62.6 Å². The summed E-state index contributed by atoms with van der Waals surface area (Å²) in [6, 6.07) is 74.0. The molecule has 23 rings (SSSR count). The SMILES string of the molecule is Cc1cccc(Sc2c(O)c3c(=O)n4c5c(cccc5c3oc2=O)CC4c2ccc(F)cc2)c1.O=c1oc2c(c(O)c1Sc1ccc(Cl)cc1)c(=O)n1c3c(cccc23)CC1c1ccc(F)cc1.O=c1oc2c(c(O)c1Sc1ccc(F)cc1)c(=O)n(-c1ccccc1)c1cc(O)ccc21.O=c1oc2c(c(O)c1Sc1cccc(C(F)(F)F)c1)c(=O)n1c3c(cccc23)CC1c1ccccc1. The van der Waals surface area contributed by atoms with E-state index in [2.05, 4.69) is 0 Å². The first kappa shape index (κ1) is 88.5. The standard InChI is InChI=1S/C27H16F3NO4S.C27H18FNO4S.C26H15ClFNO4S.C24H14FNO5S/c28-27(29,30)16-9-5-10-17(13-16)36-24-22(32)20-23(35-26(24)34)18-11-4-8-15-12-19(14-6-2-1-3-7-14)31(21(15)18)25(20)33;1-14-4-2-6-18(12-14)34-25-23(30)21-24(33-27(25)32)19-7-3-5-16-13-20(29(22(16)19)26(21)31)15-8-10-17(28)11-9-15;27-15-6-10-17(11-7-15)34-24-22(30)20-23(33-26(24)32)18-3-1-2-14-12-19(29(21(14)18)25(20)31)13-4-8-16(28)9-5-13;25-13-6-9-16(10-7-13)32-22-20(28)19-21(31-24(22)30)17-11-8-15(27)12-18(17)26(23(19)29)14-4-2-1-3-5-14/h1-11,13,19,32H,12H2;2-12,20,30H,13H2,1H3;1-11,19,30H,12H2;1-12,27-28H. The first-order valence-electron chi connectivity index (χ1n) is 41.7. The van der Waals surface area contributed by atoms with Gasteiger partial charge >= 0.3 is 28.7 Å². The summed E-state index contributed by atoms with van der Waals surface area (Å²) in [4.78, 5) is 108. The lowest BCUT2D eigenvalue weighted by atomic mass is 10.0. The quantitative estimate of drug-likeness (QED) is 0.0560. The number of phenolic OH excluding ortho intramolecular Hbond substituents is 1. The molecule has 0 amide bonds. The van der Waals surface area contributed by atoms with Crippen molar-refractivity contribution in [1.82, 2.24) is 18.3 Å². The third-order valence-corrected chi connectivity index (χ3v) is 28.3. The summed E-state index contributed by atoms with van der Waals surface area (Å²) < 4.78 is 108. The highest BCUT2D eigenvalue weighted by Gasteiger charge is 2.38. The molecule has 8 aromatic heterocycles. The van der Waals surface area contributed by atoms with E-state index in [1.165, 1.54) is 83.4 Å². The van der Waals surface area contributed by atoms with Crippen molar-refractivity contribution in [3.8, 4) is 34.4 Å².